The summed E-state index contributed by atoms with van der Waals surface area (Å²) in [5.41, 5.74) is 0.316. The molecular formula is C18H24N2O6. The molecule has 2 rings (SSSR count). The van der Waals surface area contributed by atoms with Crippen LogP contribution in [0.2, 0.25) is 0 Å². The van der Waals surface area contributed by atoms with E-state index >= 15 is 0 Å². The molecule has 0 aliphatic carbocycles. The van der Waals surface area contributed by atoms with Crippen LogP contribution in [0.5, 0.6) is 5.75 Å². The second-order valence-electron chi connectivity index (χ2n) is 5.97. The third kappa shape index (κ3) is 6.03. The van der Waals surface area contributed by atoms with E-state index in [1.54, 1.807) is 24.3 Å². The maximum atomic E-state index is 12.0. The van der Waals surface area contributed by atoms with E-state index in [1.165, 1.54) is 19.0 Å². The van der Waals surface area contributed by atoms with Crippen LogP contribution >= 0.6 is 0 Å². The van der Waals surface area contributed by atoms with Crippen molar-refractivity contribution in [3.63, 3.8) is 0 Å². The zero-order valence-corrected chi connectivity index (χ0v) is 15.0. The van der Waals surface area contributed by atoms with Crippen molar-refractivity contribution < 1.29 is 28.6 Å². The highest BCUT2D eigenvalue weighted by atomic mass is 16.5. The van der Waals surface area contributed by atoms with Gasteiger partial charge in [0.05, 0.1) is 18.2 Å². The number of hydrogen-bond acceptors (Lipinski definition) is 6. The maximum Gasteiger partial charge on any atom is 0.338 e. The van der Waals surface area contributed by atoms with Crippen LogP contribution in [0.25, 0.3) is 0 Å². The molecule has 1 aromatic carbocycles. The highest BCUT2D eigenvalue weighted by Crippen LogP contribution is 2.17. The molecule has 142 valence electrons. The Morgan fingerprint density at radius 3 is 2.62 bits per heavy atom. The van der Waals surface area contributed by atoms with Crippen LogP contribution in [0.15, 0.2) is 24.3 Å². The van der Waals surface area contributed by atoms with Crippen molar-refractivity contribution in [1.82, 2.24) is 10.2 Å². The average Bonchev–Trinajstić information content (AvgIpc) is 3.18. The third-order valence-electron chi connectivity index (χ3n) is 3.96. The Hall–Kier alpha value is -2.61. The minimum atomic E-state index is -0.614. The van der Waals surface area contributed by atoms with E-state index in [0.29, 0.717) is 17.9 Å². The van der Waals surface area contributed by atoms with Crippen LogP contribution in [0.1, 0.15) is 23.2 Å². The fourth-order valence-electron chi connectivity index (χ4n) is 2.36. The summed E-state index contributed by atoms with van der Waals surface area (Å²) in [6.45, 7) is 0.735. The van der Waals surface area contributed by atoms with E-state index in [4.69, 9.17) is 14.2 Å². The lowest BCUT2D eigenvalue weighted by atomic mass is 10.2. The first-order chi connectivity index (χ1) is 12.5. The first-order valence-electron chi connectivity index (χ1n) is 8.45. The van der Waals surface area contributed by atoms with E-state index in [1.807, 2.05) is 0 Å². The highest BCUT2D eigenvalue weighted by molar-refractivity contribution is 5.92. The molecule has 1 saturated heterocycles. The van der Waals surface area contributed by atoms with Gasteiger partial charge in [-0.3, -0.25) is 9.59 Å². The van der Waals surface area contributed by atoms with Crippen molar-refractivity contribution in [2.45, 2.75) is 18.9 Å². The molecule has 0 spiro atoms. The normalized spacial score (nSPS) is 16.0. The van der Waals surface area contributed by atoms with Crippen molar-refractivity contribution >= 4 is 17.8 Å². The molecule has 26 heavy (non-hydrogen) atoms. The monoisotopic (exact) mass is 364 g/mol. The Balaban J connectivity index is 1.76. The molecule has 1 fully saturated rings. The number of nitrogens with zero attached hydrogens (tertiary/aromatic N) is 1. The van der Waals surface area contributed by atoms with E-state index < -0.39 is 18.5 Å². The van der Waals surface area contributed by atoms with Crippen LogP contribution in [0, 0.1) is 0 Å². The van der Waals surface area contributed by atoms with Crippen molar-refractivity contribution in [1.29, 1.82) is 0 Å². The Kier molecular flexibility index (Phi) is 7.40. The molecule has 1 aliphatic rings. The van der Waals surface area contributed by atoms with Gasteiger partial charge in [0, 0.05) is 20.7 Å². The molecule has 0 aromatic heterocycles. The number of esters is 1. The van der Waals surface area contributed by atoms with Crippen LogP contribution in [0.4, 0.5) is 0 Å². The zero-order valence-electron chi connectivity index (χ0n) is 15.0. The van der Waals surface area contributed by atoms with Crippen molar-refractivity contribution in [2.75, 3.05) is 40.5 Å². The summed E-state index contributed by atoms with van der Waals surface area (Å²) < 4.78 is 16.1. The van der Waals surface area contributed by atoms with E-state index in [2.05, 4.69) is 5.32 Å². The van der Waals surface area contributed by atoms with Gasteiger partial charge in [-0.2, -0.15) is 0 Å². The molecule has 1 N–H and O–H groups in total. The second-order valence-corrected chi connectivity index (χ2v) is 5.97. The van der Waals surface area contributed by atoms with Gasteiger partial charge in [0.25, 0.3) is 5.91 Å². The number of ether oxygens (including phenoxy) is 3. The summed E-state index contributed by atoms with van der Waals surface area (Å²) in [6, 6.07) is 6.49. The number of carbonyl (C=O) groups is 3. The van der Waals surface area contributed by atoms with Crippen molar-refractivity contribution in [2.24, 2.45) is 0 Å². The summed E-state index contributed by atoms with van der Waals surface area (Å²) in [5, 5.41) is 2.41. The lowest BCUT2D eigenvalue weighted by Crippen LogP contribution is -2.39. The highest BCUT2D eigenvalue weighted by Gasteiger charge is 2.17. The molecular weight excluding hydrogens is 340 g/mol. The Morgan fingerprint density at radius 1 is 1.27 bits per heavy atom. The number of nitrogens with one attached hydrogen (secondary N) is 1. The fourth-order valence-corrected chi connectivity index (χ4v) is 2.36. The van der Waals surface area contributed by atoms with Crippen LogP contribution < -0.4 is 10.1 Å². The van der Waals surface area contributed by atoms with Gasteiger partial charge < -0.3 is 24.4 Å². The maximum absolute atomic E-state index is 12.0. The summed E-state index contributed by atoms with van der Waals surface area (Å²) >= 11 is 0. The first-order valence-corrected chi connectivity index (χ1v) is 8.45. The Bertz CT molecular complexity index is 625. The van der Waals surface area contributed by atoms with Crippen LogP contribution in [-0.4, -0.2) is 69.2 Å². The van der Waals surface area contributed by atoms with E-state index in [9.17, 15) is 14.4 Å². The van der Waals surface area contributed by atoms with Gasteiger partial charge >= 0.3 is 5.97 Å². The molecule has 1 aliphatic heterocycles. The molecule has 1 aromatic rings. The minimum Gasteiger partial charge on any atom is -0.491 e. The summed E-state index contributed by atoms with van der Waals surface area (Å²) in [7, 11) is 2.94. The SMILES string of the molecule is CNC(=O)CN(C)C(=O)COC(=O)c1ccc(OC[C@@H]2CCCO2)cc1. The van der Waals surface area contributed by atoms with Gasteiger partial charge in [0.15, 0.2) is 6.61 Å². The number of hydrogen-bond donors (Lipinski definition) is 1. The Labute approximate surface area is 152 Å². The molecule has 2 amide bonds. The first kappa shape index (κ1) is 19.7. The number of benzene rings is 1. The molecule has 8 nitrogen and oxygen atoms in total. The third-order valence-corrected chi connectivity index (χ3v) is 3.96. The predicted molar refractivity (Wildman–Crippen MR) is 92.9 cm³/mol. The molecule has 0 radical (unpaired) electrons. The molecule has 1 atom stereocenters. The van der Waals surface area contributed by atoms with Crippen molar-refractivity contribution in [3.05, 3.63) is 29.8 Å². The molecule has 1 heterocycles. The summed E-state index contributed by atoms with van der Waals surface area (Å²) in [5.74, 6) is -0.736. The van der Waals surface area contributed by atoms with Gasteiger partial charge in [-0.15, -0.1) is 0 Å². The largest absolute Gasteiger partial charge is 0.491 e. The average molecular weight is 364 g/mol. The van der Waals surface area contributed by atoms with Crippen LogP contribution in [-0.2, 0) is 19.1 Å². The predicted octanol–water partition coefficient (Wildman–Crippen LogP) is 0.606. The number of rotatable bonds is 8. The van der Waals surface area contributed by atoms with Gasteiger partial charge in [-0.1, -0.05) is 0 Å². The topological polar surface area (TPSA) is 94.2 Å². The summed E-state index contributed by atoms with van der Waals surface area (Å²) in [6.07, 6.45) is 2.17. The van der Waals surface area contributed by atoms with Gasteiger partial charge in [0.2, 0.25) is 5.91 Å². The molecule has 0 unspecified atom stereocenters. The fraction of sp³-hybridized carbons (Fsp3) is 0.500. The Morgan fingerprint density at radius 2 is 2.00 bits per heavy atom. The van der Waals surface area contributed by atoms with E-state index in [0.717, 1.165) is 19.4 Å². The quantitative estimate of drug-likeness (QED) is 0.679. The smallest absolute Gasteiger partial charge is 0.338 e. The van der Waals surface area contributed by atoms with Gasteiger partial charge in [-0.25, -0.2) is 4.79 Å². The van der Waals surface area contributed by atoms with Crippen LogP contribution in [0.3, 0.4) is 0 Å². The zero-order chi connectivity index (χ0) is 18.9. The lowest BCUT2D eigenvalue weighted by Gasteiger charge is -2.16. The second kappa shape index (κ2) is 9.76. The molecule has 8 heteroatoms. The standard InChI is InChI=1S/C18H24N2O6/c1-19-16(21)10-20(2)17(22)12-26-18(23)13-5-7-14(8-6-13)25-11-15-4-3-9-24-15/h5-8,15H,3-4,9-12H2,1-2H3,(H,19,21)/t15-/m0/s1. The number of amides is 2. The van der Waals surface area contributed by atoms with E-state index in [-0.39, 0.29) is 18.6 Å². The van der Waals surface area contributed by atoms with Gasteiger partial charge in [-0.05, 0) is 37.1 Å². The molecule has 0 bridgehead atoms. The number of carbonyl (C=O) groups excluding carboxylic acids is 3. The number of likely N-dealkylation sites (N-methyl/N-ethyl adjacent to an activating group) is 2. The minimum absolute atomic E-state index is 0.0936. The molecule has 0 saturated carbocycles. The lowest BCUT2D eigenvalue weighted by molar-refractivity contribution is -0.137. The van der Waals surface area contributed by atoms with Crippen molar-refractivity contribution in [3.8, 4) is 5.75 Å². The van der Waals surface area contributed by atoms with Gasteiger partial charge in [0.1, 0.15) is 12.4 Å². The summed E-state index contributed by atoms with van der Waals surface area (Å²) in [4.78, 5) is 36.2.